The van der Waals surface area contributed by atoms with Gasteiger partial charge >= 0.3 is 0 Å². The van der Waals surface area contributed by atoms with Gasteiger partial charge < -0.3 is 9.64 Å². The highest BCUT2D eigenvalue weighted by Gasteiger charge is 2.24. The molecule has 0 aliphatic heterocycles. The molecule has 0 spiro atoms. The molecule has 0 heterocycles. The first-order valence-electron chi connectivity index (χ1n) is 6.25. The van der Waals surface area contributed by atoms with Gasteiger partial charge in [0.1, 0.15) is 5.75 Å². The van der Waals surface area contributed by atoms with Crippen molar-refractivity contribution < 1.29 is 4.74 Å². The Morgan fingerprint density at radius 1 is 1.39 bits per heavy atom. The van der Waals surface area contributed by atoms with E-state index < -0.39 is 0 Å². The molecule has 0 saturated carbocycles. The van der Waals surface area contributed by atoms with Crippen LogP contribution in [0.1, 0.15) is 30.5 Å². The number of nitriles is 1. The SMILES string of the molecule is CCC(C#N)C(c1ccc(OC)c(C)c1)N(C)C. The highest BCUT2D eigenvalue weighted by molar-refractivity contribution is 5.38. The molecule has 1 aromatic rings. The Kier molecular flexibility index (Phi) is 5.18. The molecular weight excluding hydrogens is 224 g/mol. The van der Waals surface area contributed by atoms with Gasteiger partial charge in [-0.15, -0.1) is 0 Å². The zero-order valence-corrected chi connectivity index (χ0v) is 11.9. The van der Waals surface area contributed by atoms with E-state index >= 15 is 0 Å². The van der Waals surface area contributed by atoms with E-state index in [1.165, 1.54) is 5.56 Å². The molecule has 2 atom stereocenters. The fourth-order valence-electron chi connectivity index (χ4n) is 2.36. The minimum Gasteiger partial charge on any atom is -0.496 e. The van der Waals surface area contributed by atoms with Gasteiger partial charge in [0, 0.05) is 0 Å². The third-order valence-corrected chi connectivity index (χ3v) is 3.30. The van der Waals surface area contributed by atoms with Crippen LogP contribution in [0.5, 0.6) is 5.75 Å². The molecule has 2 unspecified atom stereocenters. The van der Waals surface area contributed by atoms with Crippen molar-refractivity contribution in [2.45, 2.75) is 26.3 Å². The summed E-state index contributed by atoms with van der Waals surface area (Å²) in [6, 6.07) is 8.68. The number of rotatable bonds is 5. The summed E-state index contributed by atoms with van der Waals surface area (Å²) >= 11 is 0. The summed E-state index contributed by atoms with van der Waals surface area (Å²) < 4.78 is 5.27. The summed E-state index contributed by atoms with van der Waals surface area (Å²) in [6.45, 7) is 4.09. The average Bonchev–Trinajstić information content (AvgIpc) is 2.35. The van der Waals surface area contributed by atoms with Gasteiger partial charge in [0.05, 0.1) is 25.1 Å². The normalized spacial score (nSPS) is 14.1. The van der Waals surface area contributed by atoms with E-state index in [2.05, 4.69) is 30.0 Å². The fraction of sp³-hybridized carbons (Fsp3) is 0.533. The average molecular weight is 246 g/mol. The number of aryl methyl sites for hydroxylation is 1. The van der Waals surface area contributed by atoms with Crippen molar-refractivity contribution >= 4 is 0 Å². The molecule has 3 nitrogen and oxygen atoms in total. The number of hydrogen-bond donors (Lipinski definition) is 0. The van der Waals surface area contributed by atoms with Crippen LogP contribution in [0.25, 0.3) is 0 Å². The van der Waals surface area contributed by atoms with E-state index in [9.17, 15) is 5.26 Å². The van der Waals surface area contributed by atoms with Crippen LogP contribution in [-0.2, 0) is 0 Å². The van der Waals surface area contributed by atoms with Crippen LogP contribution in [0.2, 0.25) is 0 Å². The highest BCUT2D eigenvalue weighted by atomic mass is 16.5. The Balaban J connectivity index is 3.15. The van der Waals surface area contributed by atoms with Gasteiger partial charge in [-0.2, -0.15) is 5.26 Å². The highest BCUT2D eigenvalue weighted by Crippen LogP contribution is 2.31. The van der Waals surface area contributed by atoms with Gasteiger partial charge in [-0.25, -0.2) is 0 Å². The van der Waals surface area contributed by atoms with Crippen LogP contribution in [0.15, 0.2) is 18.2 Å². The minimum absolute atomic E-state index is 0.00722. The van der Waals surface area contributed by atoms with E-state index in [0.717, 1.165) is 17.7 Å². The number of hydrogen-bond acceptors (Lipinski definition) is 3. The topological polar surface area (TPSA) is 36.3 Å². The van der Waals surface area contributed by atoms with Crippen molar-refractivity contribution in [3.05, 3.63) is 29.3 Å². The summed E-state index contributed by atoms with van der Waals surface area (Å²) in [4.78, 5) is 2.11. The second-order valence-electron chi connectivity index (χ2n) is 4.78. The summed E-state index contributed by atoms with van der Waals surface area (Å²) in [7, 11) is 5.71. The molecule has 1 aromatic carbocycles. The first-order chi connectivity index (χ1) is 8.54. The van der Waals surface area contributed by atoms with E-state index in [4.69, 9.17) is 4.74 Å². The van der Waals surface area contributed by atoms with Crippen LogP contribution in [-0.4, -0.2) is 26.1 Å². The van der Waals surface area contributed by atoms with Gasteiger partial charge in [0.15, 0.2) is 0 Å². The lowest BCUT2D eigenvalue weighted by atomic mass is 9.90. The van der Waals surface area contributed by atoms with Gasteiger partial charge in [0.2, 0.25) is 0 Å². The van der Waals surface area contributed by atoms with E-state index in [1.807, 2.05) is 27.1 Å². The minimum atomic E-state index is 0.00722. The second kappa shape index (κ2) is 6.42. The van der Waals surface area contributed by atoms with Crippen LogP contribution in [0, 0.1) is 24.2 Å². The summed E-state index contributed by atoms with van der Waals surface area (Å²) in [6.07, 6.45) is 0.852. The molecule has 1 rings (SSSR count). The smallest absolute Gasteiger partial charge is 0.121 e. The molecule has 3 heteroatoms. The quantitative estimate of drug-likeness (QED) is 0.800. The number of methoxy groups -OCH3 is 1. The molecule has 18 heavy (non-hydrogen) atoms. The van der Waals surface area contributed by atoms with Crippen LogP contribution < -0.4 is 4.74 Å². The Morgan fingerprint density at radius 3 is 2.44 bits per heavy atom. The first kappa shape index (κ1) is 14.5. The molecule has 0 aliphatic carbocycles. The summed E-state index contributed by atoms with van der Waals surface area (Å²) in [5.41, 5.74) is 2.28. The van der Waals surface area contributed by atoms with Crippen molar-refractivity contribution in [2.75, 3.05) is 21.2 Å². The first-order valence-corrected chi connectivity index (χ1v) is 6.25. The van der Waals surface area contributed by atoms with Crippen molar-refractivity contribution in [1.29, 1.82) is 5.26 Å². The molecule has 0 aromatic heterocycles. The third kappa shape index (κ3) is 3.02. The standard InChI is InChI=1S/C15H22N2O/c1-6-12(10-16)15(17(3)4)13-7-8-14(18-5)11(2)9-13/h7-9,12,15H,6H2,1-5H3. The molecule has 0 saturated heterocycles. The van der Waals surface area contributed by atoms with Gasteiger partial charge in [-0.05, 0) is 44.6 Å². The molecule has 98 valence electrons. The van der Waals surface area contributed by atoms with E-state index in [-0.39, 0.29) is 12.0 Å². The molecular formula is C15H22N2O. The Bertz CT molecular complexity index is 435. The molecule has 0 N–H and O–H groups in total. The predicted octanol–water partition coefficient (Wildman–Crippen LogP) is 3.16. The monoisotopic (exact) mass is 246 g/mol. The predicted molar refractivity (Wildman–Crippen MR) is 73.6 cm³/mol. The summed E-state index contributed by atoms with van der Waals surface area (Å²) in [5, 5.41) is 9.28. The van der Waals surface area contributed by atoms with E-state index in [1.54, 1.807) is 7.11 Å². The lowest BCUT2D eigenvalue weighted by molar-refractivity contribution is 0.241. The summed E-state index contributed by atoms with van der Waals surface area (Å²) in [5.74, 6) is 0.897. The van der Waals surface area contributed by atoms with Crippen molar-refractivity contribution in [2.24, 2.45) is 5.92 Å². The molecule has 0 radical (unpaired) electrons. The van der Waals surface area contributed by atoms with Crippen molar-refractivity contribution in [3.8, 4) is 11.8 Å². The third-order valence-electron chi connectivity index (χ3n) is 3.30. The zero-order chi connectivity index (χ0) is 13.7. The van der Waals surface area contributed by atoms with Crippen LogP contribution in [0.4, 0.5) is 0 Å². The second-order valence-corrected chi connectivity index (χ2v) is 4.78. The maximum atomic E-state index is 9.28. The van der Waals surface area contributed by atoms with Gasteiger partial charge in [0.25, 0.3) is 0 Å². The zero-order valence-electron chi connectivity index (χ0n) is 11.9. The number of benzene rings is 1. The molecule has 0 bridgehead atoms. The van der Waals surface area contributed by atoms with E-state index in [0.29, 0.717) is 0 Å². The molecule has 0 amide bonds. The Morgan fingerprint density at radius 2 is 2.06 bits per heavy atom. The van der Waals surface area contributed by atoms with Crippen LogP contribution in [0.3, 0.4) is 0 Å². The van der Waals surface area contributed by atoms with Crippen molar-refractivity contribution in [3.63, 3.8) is 0 Å². The maximum absolute atomic E-state index is 9.28. The Hall–Kier alpha value is -1.53. The molecule has 0 aliphatic rings. The lowest BCUT2D eigenvalue weighted by Gasteiger charge is -2.28. The number of nitrogens with zero attached hydrogens (tertiary/aromatic N) is 2. The largest absolute Gasteiger partial charge is 0.496 e. The van der Waals surface area contributed by atoms with Crippen molar-refractivity contribution in [1.82, 2.24) is 4.90 Å². The van der Waals surface area contributed by atoms with Crippen LogP contribution >= 0.6 is 0 Å². The maximum Gasteiger partial charge on any atom is 0.121 e. The lowest BCUT2D eigenvalue weighted by Crippen LogP contribution is -2.26. The Labute approximate surface area is 110 Å². The molecule has 0 fully saturated rings. The van der Waals surface area contributed by atoms with Gasteiger partial charge in [-0.3, -0.25) is 0 Å². The van der Waals surface area contributed by atoms with Gasteiger partial charge in [-0.1, -0.05) is 19.1 Å². The fourth-order valence-corrected chi connectivity index (χ4v) is 2.36. The number of ether oxygens (including phenoxy) is 1.